The third kappa shape index (κ3) is 2.38. The van der Waals surface area contributed by atoms with Crippen LogP contribution in [0, 0.1) is 0 Å². The topological polar surface area (TPSA) is 34.1 Å². The van der Waals surface area contributed by atoms with E-state index in [0.29, 0.717) is 6.54 Å². The van der Waals surface area contributed by atoms with Crippen molar-refractivity contribution in [3.63, 3.8) is 0 Å². The Hall–Kier alpha value is -2.01. The molecule has 4 rings (SSSR count). The number of rotatable bonds is 4. The first-order chi connectivity index (χ1) is 11.7. The number of aliphatic imine (C=N–C) groups is 1. The van der Waals surface area contributed by atoms with E-state index in [2.05, 4.69) is 56.2 Å². The lowest BCUT2D eigenvalue weighted by atomic mass is 10.00. The molecule has 0 unspecified atom stereocenters. The third-order valence-corrected chi connectivity index (χ3v) is 5.34. The molecule has 0 aromatic heterocycles. The number of hydrogen-bond donors (Lipinski definition) is 0. The second kappa shape index (κ2) is 5.81. The summed E-state index contributed by atoms with van der Waals surface area (Å²) in [7, 11) is 3.34. The van der Waals surface area contributed by atoms with Gasteiger partial charge in [-0.1, -0.05) is 28.1 Å². The molecule has 1 heterocycles. The van der Waals surface area contributed by atoms with Crippen molar-refractivity contribution >= 4 is 28.0 Å². The fourth-order valence-electron chi connectivity index (χ4n) is 3.45. The van der Waals surface area contributed by atoms with E-state index in [9.17, 15) is 0 Å². The maximum atomic E-state index is 5.50. The summed E-state index contributed by atoms with van der Waals surface area (Å²) in [5.41, 5.74) is 3.62. The number of nitrogens with zero attached hydrogens (tertiary/aromatic N) is 2. The Morgan fingerprint density at radius 3 is 2.50 bits per heavy atom. The van der Waals surface area contributed by atoms with Gasteiger partial charge in [-0.15, -0.1) is 0 Å². The average Bonchev–Trinajstić information content (AvgIpc) is 3.41. The van der Waals surface area contributed by atoms with Crippen LogP contribution in [0.2, 0.25) is 0 Å². The molecule has 1 aliphatic carbocycles. The van der Waals surface area contributed by atoms with Gasteiger partial charge < -0.3 is 14.4 Å². The van der Waals surface area contributed by atoms with Crippen molar-refractivity contribution in [1.82, 2.24) is 0 Å². The van der Waals surface area contributed by atoms with Gasteiger partial charge in [0.15, 0.2) is 11.5 Å². The van der Waals surface area contributed by atoms with Crippen LogP contribution in [-0.4, -0.2) is 20.6 Å². The molecule has 2 aromatic rings. The Labute approximate surface area is 150 Å². The zero-order valence-corrected chi connectivity index (χ0v) is 15.3. The molecule has 5 heteroatoms. The van der Waals surface area contributed by atoms with Crippen LogP contribution in [0.5, 0.6) is 11.5 Å². The highest BCUT2D eigenvalue weighted by Crippen LogP contribution is 2.54. The molecular formula is C19H19BrN2O2. The normalized spacial score (nSPS) is 17.4. The summed E-state index contributed by atoms with van der Waals surface area (Å²) in [6.45, 7) is 0.667. The van der Waals surface area contributed by atoms with Gasteiger partial charge in [0.25, 0.3) is 0 Å². The molecule has 0 radical (unpaired) electrons. The largest absolute Gasteiger partial charge is 0.493 e. The summed E-state index contributed by atoms with van der Waals surface area (Å²) < 4.78 is 12.0. The average molecular weight is 387 g/mol. The first-order valence-corrected chi connectivity index (χ1v) is 8.77. The molecule has 1 fully saturated rings. The summed E-state index contributed by atoms with van der Waals surface area (Å²) in [5, 5.41) is 0. The van der Waals surface area contributed by atoms with Crippen molar-refractivity contribution in [3.8, 4) is 11.5 Å². The molecule has 124 valence electrons. The number of anilines is 1. The lowest BCUT2D eigenvalue weighted by Crippen LogP contribution is -2.36. The molecule has 1 saturated carbocycles. The summed E-state index contributed by atoms with van der Waals surface area (Å²) in [4.78, 5) is 6.88. The van der Waals surface area contributed by atoms with Gasteiger partial charge in [-0.05, 0) is 36.6 Å². The lowest BCUT2D eigenvalue weighted by Gasteiger charge is -2.35. The Balaban J connectivity index is 1.81. The Morgan fingerprint density at radius 2 is 1.83 bits per heavy atom. The Morgan fingerprint density at radius 1 is 1.08 bits per heavy atom. The van der Waals surface area contributed by atoms with Gasteiger partial charge >= 0.3 is 0 Å². The van der Waals surface area contributed by atoms with Gasteiger partial charge in [-0.2, -0.15) is 0 Å². The summed E-state index contributed by atoms with van der Waals surface area (Å²) in [6.07, 6.45) is 4.20. The van der Waals surface area contributed by atoms with Crippen LogP contribution in [-0.2, 0) is 12.1 Å². The highest BCUT2D eigenvalue weighted by Gasteiger charge is 2.50. The highest BCUT2D eigenvalue weighted by atomic mass is 79.9. The Bertz CT molecular complexity index is 815. The predicted molar refractivity (Wildman–Crippen MR) is 99.3 cm³/mol. The van der Waals surface area contributed by atoms with Crippen LogP contribution >= 0.6 is 15.9 Å². The van der Waals surface area contributed by atoms with Crippen LogP contribution < -0.4 is 14.4 Å². The van der Waals surface area contributed by atoms with E-state index in [-0.39, 0.29) is 5.54 Å². The first-order valence-electron chi connectivity index (χ1n) is 7.98. The van der Waals surface area contributed by atoms with Crippen molar-refractivity contribution in [2.45, 2.75) is 24.9 Å². The minimum Gasteiger partial charge on any atom is -0.493 e. The molecule has 0 saturated heterocycles. The number of fused-ring (bicyclic) bond motifs is 1. The van der Waals surface area contributed by atoms with Crippen LogP contribution in [0.25, 0.3) is 0 Å². The minimum atomic E-state index is -0.0119. The molecule has 0 bridgehead atoms. The van der Waals surface area contributed by atoms with Crippen molar-refractivity contribution in [3.05, 3.63) is 52.0 Å². The smallest absolute Gasteiger partial charge is 0.162 e. The molecule has 0 amide bonds. The number of methoxy groups -OCH3 is 2. The van der Waals surface area contributed by atoms with Crippen molar-refractivity contribution in [2.75, 3.05) is 19.1 Å². The quantitative estimate of drug-likeness (QED) is 0.775. The molecule has 1 aliphatic heterocycles. The van der Waals surface area contributed by atoms with Crippen molar-refractivity contribution < 1.29 is 9.47 Å². The lowest BCUT2D eigenvalue weighted by molar-refractivity contribution is 0.354. The molecular weight excluding hydrogens is 368 g/mol. The highest BCUT2D eigenvalue weighted by molar-refractivity contribution is 9.10. The van der Waals surface area contributed by atoms with E-state index in [4.69, 9.17) is 9.47 Å². The number of hydrogen-bond acceptors (Lipinski definition) is 4. The van der Waals surface area contributed by atoms with E-state index in [1.165, 1.54) is 5.56 Å². The van der Waals surface area contributed by atoms with Crippen LogP contribution in [0.4, 0.5) is 5.69 Å². The Kier molecular flexibility index (Phi) is 3.76. The van der Waals surface area contributed by atoms with Gasteiger partial charge in [-0.25, -0.2) is 0 Å². The summed E-state index contributed by atoms with van der Waals surface area (Å²) in [6, 6.07) is 12.7. The monoisotopic (exact) mass is 386 g/mol. The fourth-order valence-corrected chi connectivity index (χ4v) is 3.85. The minimum absolute atomic E-state index is 0.0119. The predicted octanol–water partition coefficient (Wildman–Crippen LogP) is 4.50. The molecule has 2 aromatic carbocycles. The second-order valence-corrected chi connectivity index (χ2v) is 7.12. The standard InChI is InChI=1S/C19H19BrN2O2/c1-23-17-8-13-11-21-12-22(16(13)10-18(17)24-2)19(6-7-19)14-4-3-5-15(20)9-14/h3-5,8-10,12H,6-7,11H2,1-2H3. The number of benzene rings is 2. The molecule has 24 heavy (non-hydrogen) atoms. The van der Waals surface area contributed by atoms with Crippen LogP contribution in [0.3, 0.4) is 0 Å². The third-order valence-electron chi connectivity index (χ3n) is 4.85. The number of halogens is 1. The van der Waals surface area contributed by atoms with Gasteiger partial charge in [0.2, 0.25) is 0 Å². The zero-order chi connectivity index (χ0) is 16.7. The summed E-state index contributed by atoms with van der Waals surface area (Å²) >= 11 is 3.59. The van der Waals surface area contributed by atoms with E-state index in [1.54, 1.807) is 14.2 Å². The van der Waals surface area contributed by atoms with Gasteiger partial charge in [0.1, 0.15) is 0 Å². The maximum Gasteiger partial charge on any atom is 0.162 e. The van der Waals surface area contributed by atoms with Gasteiger partial charge in [0.05, 0.1) is 38.3 Å². The molecule has 2 aliphatic rings. The molecule has 4 nitrogen and oxygen atoms in total. The first kappa shape index (κ1) is 15.5. The SMILES string of the molecule is COc1cc2c(cc1OC)N(C1(c3cccc(Br)c3)CC1)C=NC2. The van der Waals surface area contributed by atoms with E-state index in [0.717, 1.165) is 40.1 Å². The van der Waals surface area contributed by atoms with Crippen molar-refractivity contribution in [2.24, 2.45) is 4.99 Å². The van der Waals surface area contributed by atoms with Crippen molar-refractivity contribution in [1.29, 1.82) is 0 Å². The molecule has 0 N–H and O–H groups in total. The number of ether oxygens (including phenoxy) is 2. The maximum absolute atomic E-state index is 5.50. The fraction of sp³-hybridized carbons (Fsp3) is 0.316. The summed E-state index contributed by atoms with van der Waals surface area (Å²) in [5.74, 6) is 1.50. The van der Waals surface area contributed by atoms with Gasteiger partial charge in [-0.3, -0.25) is 4.99 Å². The van der Waals surface area contributed by atoms with Gasteiger partial charge in [0, 0.05) is 16.1 Å². The zero-order valence-electron chi connectivity index (χ0n) is 13.8. The van der Waals surface area contributed by atoms with E-state index < -0.39 is 0 Å². The van der Waals surface area contributed by atoms with Crippen LogP contribution in [0.15, 0.2) is 45.9 Å². The second-order valence-electron chi connectivity index (χ2n) is 6.20. The van der Waals surface area contributed by atoms with Crippen LogP contribution in [0.1, 0.15) is 24.0 Å². The van der Waals surface area contributed by atoms with E-state index >= 15 is 0 Å². The van der Waals surface area contributed by atoms with E-state index in [1.807, 2.05) is 12.4 Å². The molecule has 0 spiro atoms. The molecule has 0 atom stereocenters.